The first-order valence-corrected chi connectivity index (χ1v) is 7.42. The van der Waals surface area contributed by atoms with Crippen LogP contribution in [0.3, 0.4) is 0 Å². The van der Waals surface area contributed by atoms with Gasteiger partial charge in [0.1, 0.15) is 6.21 Å². The van der Waals surface area contributed by atoms with Gasteiger partial charge in [-0.1, -0.05) is 18.2 Å². The number of amides is 1. The highest BCUT2D eigenvalue weighted by Gasteiger charge is 2.27. The van der Waals surface area contributed by atoms with E-state index in [0.29, 0.717) is 11.2 Å². The van der Waals surface area contributed by atoms with Gasteiger partial charge in [0.25, 0.3) is 5.91 Å². The van der Waals surface area contributed by atoms with Crippen LogP contribution in [0.15, 0.2) is 47.2 Å². The molecule has 26 heavy (non-hydrogen) atoms. The molecule has 0 aliphatic rings. The van der Waals surface area contributed by atoms with Crippen LogP contribution >= 0.6 is 0 Å². The van der Waals surface area contributed by atoms with Crippen molar-refractivity contribution < 1.29 is 33.4 Å². The second kappa shape index (κ2) is 10.4. The first-order valence-electron chi connectivity index (χ1n) is 7.42. The minimum atomic E-state index is -1.03. The predicted octanol–water partition coefficient (Wildman–Crippen LogP) is 0.908. The van der Waals surface area contributed by atoms with Gasteiger partial charge in [0.2, 0.25) is 0 Å². The number of esters is 3. The Balaban J connectivity index is 3.38. The molecule has 0 unspecified atom stereocenters. The zero-order valence-electron chi connectivity index (χ0n) is 14.5. The fourth-order valence-corrected chi connectivity index (χ4v) is 1.69. The van der Waals surface area contributed by atoms with Crippen molar-refractivity contribution in [1.82, 2.24) is 5.01 Å². The number of carbonyl (C=O) groups excluding carboxylic acids is 4. The van der Waals surface area contributed by atoms with Crippen molar-refractivity contribution in [3.8, 4) is 0 Å². The maximum atomic E-state index is 12.7. The smallest absolute Gasteiger partial charge is 0.357 e. The number of benzene rings is 1. The highest BCUT2D eigenvalue weighted by atomic mass is 16.5. The SMILES string of the molecule is CCOC(=O)/C=N/N(C(=O)c1ccccc1)/C(=C\C(=O)OC)C(=O)OC. The molecule has 0 N–H and O–H groups in total. The number of hydrazone groups is 1. The molecule has 0 fully saturated rings. The summed E-state index contributed by atoms with van der Waals surface area (Å²) < 4.78 is 13.7. The number of hydrogen-bond donors (Lipinski definition) is 0. The zero-order valence-corrected chi connectivity index (χ0v) is 14.5. The third-order valence-electron chi connectivity index (χ3n) is 2.86. The van der Waals surface area contributed by atoms with E-state index >= 15 is 0 Å². The number of ether oxygens (including phenoxy) is 3. The van der Waals surface area contributed by atoms with E-state index in [1.54, 1.807) is 25.1 Å². The molecule has 0 bridgehead atoms. The lowest BCUT2D eigenvalue weighted by Gasteiger charge is -2.18. The summed E-state index contributed by atoms with van der Waals surface area (Å²) in [4.78, 5) is 47.8. The monoisotopic (exact) mass is 362 g/mol. The number of nitrogens with zero attached hydrogens (tertiary/aromatic N) is 2. The van der Waals surface area contributed by atoms with Gasteiger partial charge in [-0.05, 0) is 19.1 Å². The second-order valence-electron chi connectivity index (χ2n) is 4.52. The summed E-state index contributed by atoms with van der Waals surface area (Å²) in [6.45, 7) is 1.69. The van der Waals surface area contributed by atoms with Gasteiger partial charge in [-0.2, -0.15) is 10.1 Å². The molecule has 9 nitrogen and oxygen atoms in total. The molecule has 1 aromatic carbocycles. The molecule has 0 spiro atoms. The van der Waals surface area contributed by atoms with E-state index in [-0.39, 0.29) is 12.2 Å². The van der Waals surface area contributed by atoms with Crippen molar-refractivity contribution in [3.63, 3.8) is 0 Å². The second-order valence-corrected chi connectivity index (χ2v) is 4.52. The van der Waals surface area contributed by atoms with Crippen molar-refractivity contribution in [2.45, 2.75) is 6.92 Å². The van der Waals surface area contributed by atoms with Crippen LogP contribution in [0, 0.1) is 0 Å². The molecule has 138 valence electrons. The molecule has 0 saturated carbocycles. The van der Waals surface area contributed by atoms with Crippen LogP contribution in [-0.4, -0.2) is 55.9 Å². The van der Waals surface area contributed by atoms with Crippen LogP contribution in [0.25, 0.3) is 0 Å². The van der Waals surface area contributed by atoms with E-state index in [4.69, 9.17) is 4.74 Å². The quantitative estimate of drug-likeness (QED) is 0.233. The highest BCUT2D eigenvalue weighted by molar-refractivity contribution is 6.23. The van der Waals surface area contributed by atoms with Gasteiger partial charge in [0, 0.05) is 5.56 Å². The Kier molecular flexibility index (Phi) is 8.21. The van der Waals surface area contributed by atoms with Gasteiger partial charge in [0.05, 0.1) is 26.9 Å². The molecule has 0 aliphatic heterocycles. The first kappa shape index (κ1) is 20.6. The average molecular weight is 362 g/mol. The van der Waals surface area contributed by atoms with Gasteiger partial charge in [-0.3, -0.25) is 4.79 Å². The van der Waals surface area contributed by atoms with Crippen molar-refractivity contribution in [2.75, 3.05) is 20.8 Å². The number of carbonyl (C=O) groups is 4. The lowest BCUT2D eigenvalue weighted by molar-refractivity contribution is -0.139. The van der Waals surface area contributed by atoms with Crippen LogP contribution in [0.5, 0.6) is 0 Å². The van der Waals surface area contributed by atoms with E-state index < -0.39 is 29.5 Å². The molecular weight excluding hydrogens is 344 g/mol. The van der Waals surface area contributed by atoms with Crippen LogP contribution in [0.4, 0.5) is 0 Å². The number of methoxy groups -OCH3 is 2. The Morgan fingerprint density at radius 3 is 2.23 bits per heavy atom. The summed E-state index contributed by atoms with van der Waals surface area (Å²) >= 11 is 0. The third-order valence-corrected chi connectivity index (χ3v) is 2.86. The Labute approximate surface area is 149 Å². The Hall–Kier alpha value is -3.49. The summed E-state index contributed by atoms with van der Waals surface area (Å²) in [7, 11) is 2.16. The summed E-state index contributed by atoms with van der Waals surface area (Å²) in [6, 6.07) is 7.84. The molecular formula is C17H18N2O7. The zero-order chi connectivity index (χ0) is 19.5. The Morgan fingerprint density at radius 2 is 1.69 bits per heavy atom. The normalized spacial score (nSPS) is 11.0. The number of hydrogen-bond acceptors (Lipinski definition) is 8. The fraction of sp³-hybridized carbons (Fsp3) is 0.235. The van der Waals surface area contributed by atoms with Crippen molar-refractivity contribution in [1.29, 1.82) is 0 Å². The van der Waals surface area contributed by atoms with E-state index in [0.717, 1.165) is 20.3 Å². The van der Waals surface area contributed by atoms with Gasteiger partial charge in [-0.15, -0.1) is 0 Å². The van der Waals surface area contributed by atoms with Crippen molar-refractivity contribution in [2.24, 2.45) is 5.10 Å². The van der Waals surface area contributed by atoms with Crippen molar-refractivity contribution >= 4 is 30.0 Å². The van der Waals surface area contributed by atoms with Crippen LogP contribution in [0.2, 0.25) is 0 Å². The summed E-state index contributed by atoms with van der Waals surface area (Å²) in [6.07, 6.45) is 1.44. The third kappa shape index (κ3) is 5.86. The van der Waals surface area contributed by atoms with Gasteiger partial charge < -0.3 is 14.2 Å². The Bertz CT molecular complexity index is 726. The van der Waals surface area contributed by atoms with E-state index in [2.05, 4.69) is 14.6 Å². The van der Waals surface area contributed by atoms with Crippen molar-refractivity contribution in [3.05, 3.63) is 47.7 Å². The maximum Gasteiger partial charge on any atom is 0.357 e. The van der Waals surface area contributed by atoms with E-state index in [1.807, 2.05) is 0 Å². The lowest BCUT2D eigenvalue weighted by Crippen LogP contribution is -2.31. The average Bonchev–Trinajstić information content (AvgIpc) is 2.66. The van der Waals surface area contributed by atoms with Crippen LogP contribution in [0.1, 0.15) is 17.3 Å². The molecule has 1 rings (SSSR count). The minimum Gasteiger partial charge on any atom is -0.466 e. The van der Waals surface area contributed by atoms with E-state index in [9.17, 15) is 19.2 Å². The largest absolute Gasteiger partial charge is 0.466 e. The summed E-state index contributed by atoms with van der Waals surface area (Å²) in [5.74, 6) is -3.55. The molecule has 0 radical (unpaired) electrons. The molecule has 0 heterocycles. The topological polar surface area (TPSA) is 112 Å². The molecule has 0 aliphatic carbocycles. The van der Waals surface area contributed by atoms with E-state index in [1.165, 1.54) is 12.1 Å². The van der Waals surface area contributed by atoms with Gasteiger partial charge >= 0.3 is 17.9 Å². The summed E-state index contributed by atoms with van der Waals surface area (Å²) in [5.41, 5.74) is -0.373. The molecule has 1 amide bonds. The maximum absolute atomic E-state index is 12.7. The van der Waals surface area contributed by atoms with Gasteiger partial charge in [-0.25, -0.2) is 14.4 Å². The minimum absolute atomic E-state index is 0.0966. The fourth-order valence-electron chi connectivity index (χ4n) is 1.69. The molecule has 0 aromatic heterocycles. The molecule has 0 saturated heterocycles. The highest BCUT2D eigenvalue weighted by Crippen LogP contribution is 2.14. The Morgan fingerprint density at radius 1 is 1.04 bits per heavy atom. The lowest BCUT2D eigenvalue weighted by atomic mass is 10.2. The van der Waals surface area contributed by atoms with Gasteiger partial charge in [0.15, 0.2) is 5.70 Å². The molecule has 9 heteroatoms. The standard InChI is InChI=1S/C17H18N2O7/c1-4-26-15(21)11-18-19(16(22)12-8-6-5-7-9-12)13(17(23)25-3)10-14(20)24-2/h5-11H,4H2,1-3H3/b13-10-,18-11+. The first-order chi connectivity index (χ1) is 12.4. The molecule has 0 atom stereocenters. The molecule has 1 aromatic rings. The number of rotatable bonds is 7. The van der Waals surface area contributed by atoms with Crippen LogP contribution in [-0.2, 0) is 28.6 Å². The summed E-state index contributed by atoms with van der Waals surface area (Å²) in [5, 5.41) is 4.25. The van der Waals surface area contributed by atoms with Crippen LogP contribution < -0.4 is 0 Å². The predicted molar refractivity (Wildman–Crippen MR) is 89.9 cm³/mol.